The third kappa shape index (κ3) is 3.22. The first-order chi connectivity index (χ1) is 7.54. The van der Waals surface area contributed by atoms with Crippen LogP contribution in [0.1, 0.15) is 13.3 Å². The van der Waals surface area contributed by atoms with Crippen LogP contribution in [0.5, 0.6) is 11.5 Å². The van der Waals surface area contributed by atoms with E-state index in [1.807, 2.05) is 6.92 Å². The van der Waals surface area contributed by atoms with Crippen LogP contribution in [0.15, 0.2) is 12.1 Å². The van der Waals surface area contributed by atoms with Crippen molar-refractivity contribution in [2.75, 3.05) is 12.3 Å². The summed E-state index contributed by atoms with van der Waals surface area (Å²) < 4.78 is 46.1. The summed E-state index contributed by atoms with van der Waals surface area (Å²) in [7, 11) is 0. The molecule has 6 heteroatoms. The van der Waals surface area contributed by atoms with E-state index in [1.54, 1.807) is 0 Å². The second-order valence-corrected chi connectivity index (χ2v) is 3.05. The van der Waals surface area contributed by atoms with Crippen molar-refractivity contribution < 1.29 is 22.6 Å². The zero-order valence-corrected chi connectivity index (χ0v) is 8.67. The lowest BCUT2D eigenvalue weighted by atomic mass is 10.2. The Morgan fingerprint density at radius 3 is 2.56 bits per heavy atom. The lowest BCUT2D eigenvalue weighted by Crippen LogP contribution is -2.06. The molecule has 0 saturated carbocycles. The monoisotopic (exact) mass is 235 g/mol. The van der Waals surface area contributed by atoms with Gasteiger partial charge < -0.3 is 15.2 Å². The molecule has 2 N–H and O–H groups in total. The Hall–Kier alpha value is -1.59. The molecule has 0 radical (unpaired) electrons. The van der Waals surface area contributed by atoms with Gasteiger partial charge in [-0.15, -0.1) is 0 Å². The summed E-state index contributed by atoms with van der Waals surface area (Å²) in [6, 6.07) is 1.91. The summed E-state index contributed by atoms with van der Waals surface area (Å²) in [5.74, 6) is -1.38. The highest BCUT2D eigenvalue weighted by Gasteiger charge is 2.13. The first-order valence-electron chi connectivity index (χ1n) is 4.71. The van der Waals surface area contributed by atoms with Crippen LogP contribution in [0.3, 0.4) is 0 Å². The maximum absolute atomic E-state index is 13.1. The summed E-state index contributed by atoms with van der Waals surface area (Å²) in [6.45, 7) is -0.850. The second-order valence-electron chi connectivity index (χ2n) is 3.05. The van der Waals surface area contributed by atoms with E-state index < -0.39 is 18.2 Å². The molecule has 0 spiro atoms. The third-order valence-corrected chi connectivity index (χ3v) is 1.74. The van der Waals surface area contributed by atoms with Gasteiger partial charge in [-0.05, 0) is 6.42 Å². The van der Waals surface area contributed by atoms with E-state index in [2.05, 4.69) is 4.74 Å². The predicted octanol–water partition coefficient (Wildman–Crippen LogP) is 2.80. The maximum Gasteiger partial charge on any atom is 0.387 e. The highest BCUT2D eigenvalue weighted by Crippen LogP contribution is 2.31. The highest BCUT2D eigenvalue weighted by molar-refractivity contribution is 5.56. The summed E-state index contributed by atoms with van der Waals surface area (Å²) in [6.07, 6.45) is 0.724. The summed E-state index contributed by atoms with van der Waals surface area (Å²) in [5.41, 5.74) is 5.50. The number of nitrogen functional groups attached to an aromatic ring is 1. The molecule has 0 saturated heterocycles. The van der Waals surface area contributed by atoms with E-state index >= 15 is 0 Å². The van der Waals surface area contributed by atoms with Gasteiger partial charge in [0.1, 0.15) is 5.75 Å². The van der Waals surface area contributed by atoms with Crippen LogP contribution in [0.2, 0.25) is 0 Å². The summed E-state index contributed by atoms with van der Waals surface area (Å²) >= 11 is 0. The molecular formula is C10H12F3NO2. The maximum atomic E-state index is 13.1. The van der Waals surface area contributed by atoms with Gasteiger partial charge in [0.2, 0.25) is 0 Å². The van der Waals surface area contributed by atoms with Crippen LogP contribution in [-0.2, 0) is 0 Å². The van der Waals surface area contributed by atoms with Crippen molar-refractivity contribution in [1.82, 2.24) is 0 Å². The molecule has 0 amide bonds. The summed E-state index contributed by atoms with van der Waals surface area (Å²) in [5, 5.41) is 0. The van der Waals surface area contributed by atoms with E-state index in [4.69, 9.17) is 10.5 Å². The van der Waals surface area contributed by atoms with Crippen LogP contribution in [0.4, 0.5) is 18.9 Å². The van der Waals surface area contributed by atoms with Gasteiger partial charge in [0.05, 0.1) is 12.3 Å². The number of anilines is 1. The second kappa shape index (κ2) is 5.48. The molecule has 0 aliphatic heterocycles. The molecule has 1 rings (SSSR count). The Kier molecular flexibility index (Phi) is 4.28. The first kappa shape index (κ1) is 12.5. The number of hydrogen-bond donors (Lipinski definition) is 1. The molecule has 1 aromatic rings. The zero-order chi connectivity index (χ0) is 12.1. The van der Waals surface area contributed by atoms with E-state index in [9.17, 15) is 13.2 Å². The average molecular weight is 235 g/mol. The minimum absolute atomic E-state index is 0.0487. The van der Waals surface area contributed by atoms with Crippen LogP contribution in [0.25, 0.3) is 0 Å². The molecule has 0 atom stereocenters. The number of hydrogen-bond acceptors (Lipinski definition) is 3. The largest absolute Gasteiger partial charge is 0.491 e. The van der Waals surface area contributed by atoms with Gasteiger partial charge in [-0.1, -0.05) is 6.92 Å². The fourth-order valence-corrected chi connectivity index (χ4v) is 1.07. The van der Waals surface area contributed by atoms with Crippen LogP contribution in [-0.4, -0.2) is 13.2 Å². The first-order valence-corrected chi connectivity index (χ1v) is 4.71. The average Bonchev–Trinajstić information content (AvgIpc) is 2.20. The third-order valence-electron chi connectivity index (χ3n) is 1.74. The van der Waals surface area contributed by atoms with Gasteiger partial charge in [0.25, 0.3) is 0 Å². The number of halogens is 3. The molecule has 90 valence electrons. The lowest BCUT2D eigenvalue weighted by Gasteiger charge is -2.11. The standard InChI is InChI=1S/C10H12F3NO2/c1-2-3-15-9-5-8(16-10(12)13)6(11)4-7(9)14/h4-5,10H,2-3,14H2,1H3. The van der Waals surface area contributed by atoms with Crippen molar-refractivity contribution in [3.05, 3.63) is 17.9 Å². The van der Waals surface area contributed by atoms with Crippen molar-refractivity contribution in [3.63, 3.8) is 0 Å². The normalized spacial score (nSPS) is 10.6. The van der Waals surface area contributed by atoms with Crippen LogP contribution < -0.4 is 15.2 Å². The Morgan fingerprint density at radius 1 is 1.31 bits per heavy atom. The van der Waals surface area contributed by atoms with Gasteiger partial charge in [0, 0.05) is 12.1 Å². The topological polar surface area (TPSA) is 44.5 Å². The number of rotatable bonds is 5. The van der Waals surface area contributed by atoms with E-state index in [0.717, 1.165) is 18.6 Å². The number of benzene rings is 1. The lowest BCUT2D eigenvalue weighted by molar-refractivity contribution is -0.0522. The Morgan fingerprint density at radius 2 is 2.00 bits per heavy atom. The molecule has 3 nitrogen and oxygen atoms in total. The molecule has 0 fully saturated rings. The molecular weight excluding hydrogens is 223 g/mol. The van der Waals surface area contributed by atoms with Crippen molar-refractivity contribution in [1.29, 1.82) is 0 Å². The van der Waals surface area contributed by atoms with E-state index in [-0.39, 0.29) is 11.4 Å². The van der Waals surface area contributed by atoms with Gasteiger partial charge in [-0.2, -0.15) is 8.78 Å². The Balaban J connectivity index is 2.92. The van der Waals surface area contributed by atoms with E-state index in [1.165, 1.54) is 0 Å². The predicted molar refractivity (Wildman–Crippen MR) is 53.2 cm³/mol. The molecule has 0 unspecified atom stereocenters. The fourth-order valence-electron chi connectivity index (χ4n) is 1.07. The number of nitrogens with two attached hydrogens (primary N) is 1. The van der Waals surface area contributed by atoms with Crippen molar-refractivity contribution in [2.24, 2.45) is 0 Å². The Labute approximate surface area is 91.0 Å². The van der Waals surface area contributed by atoms with Gasteiger partial charge >= 0.3 is 6.61 Å². The van der Waals surface area contributed by atoms with E-state index in [0.29, 0.717) is 6.61 Å². The smallest absolute Gasteiger partial charge is 0.387 e. The van der Waals surface area contributed by atoms with Crippen molar-refractivity contribution >= 4 is 5.69 Å². The molecule has 0 aromatic heterocycles. The van der Waals surface area contributed by atoms with Gasteiger partial charge in [0.15, 0.2) is 11.6 Å². The van der Waals surface area contributed by atoms with Gasteiger partial charge in [-0.3, -0.25) is 0 Å². The molecule has 0 heterocycles. The molecule has 1 aromatic carbocycles. The van der Waals surface area contributed by atoms with Crippen LogP contribution in [0, 0.1) is 5.82 Å². The minimum atomic E-state index is -3.09. The molecule has 0 aliphatic rings. The highest BCUT2D eigenvalue weighted by atomic mass is 19.3. The fraction of sp³-hybridized carbons (Fsp3) is 0.400. The number of alkyl halides is 2. The number of ether oxygens (including phenoxy) is 2. The molecule has 0 bridgehead atoms. The molecule has 0 aliphatic carbocycles. The molecule has 16 heavy (non-hydrogen) atoms. The SMILES string of the molecule is CCCOc1cc(OC(F)F)c(F)cc1N. The quantitative estimate of drug-likeness (QED) is 0.798. The van der Waals surface area contributed by atoms with Gasteiger partial charge in [-0.25, -0.2) is 4.39 Å². The minimum Gasteiger partial charge on any atom is -0.491 e. The van der Waals surface area contributed by atoms with Crippen molar-refractivity contribution in [2.45, 2.75) is 20.0 Å². The summed E-state index contributed by atoms with van der Waals surface area (Å²) in [4.78, 5) is 0. The Bertz CT molecular complexity index is 358. The van der Waals surface area contributed by atoms with Crippen molar-refractivity contribution in [3.8, 4) is 11.5 Å². The van der Waals surface area contributed by atoms with Crippen LogP contribution >= 0.6 is 0 Å². The zero-order valence-electron chi connectivity index (χ0n) is 8.67.